The molecular formula is C11H10FN3O3. The molecule has 7 heteroatoms. The van der Waals surface area contributed by atoms with Crippen molar-refractivity contribution in [2.24, 2.45) is 5.73 Å². The zero-order valence-corrected chi connectivity index (χ0v) is 9.22. The van der Waals surface area contributed by atoms with E-state index in [9.17, 15) is 19.3 Å². The summed E-state index contributed by atoms with van der Waals surface area (Å²) in [5.41, 5.74) is 4.85. The van der Waals surface area contributed by atoms with Gasteiger partial charge in [-0.3, -0.25) is 14.9 Å². The van der Waals surface area contributed by atoms with Crippen LogP contribution in [0.5, 0.6) is 0 Å². The molecule has 0 aliphatic heterocycles. The molecule has 1 aromatic carbocycles. The number of benzene rings is 1. The van der Waals surface area contributed by atoms with Crippen LogP contribution in [0.1, 0.15) is 6.42 Å². The number of halogens is 1. The zero-order chi connectivity index (χ0) is 13.7. The van der Waals surface area contributed by atoms with E-state index >= 15 is 0 Å². The highest BCUT2D eigenvalue weighted by atomic mass is 19.1. The molecule has 1 amide bonds. The van der Waals surface area contributed by atoms with Gasteiger partial charge in [0.25, 0.3) is 0 Å². The number of terminal acetylenes is 1. The molecule has 1 atom stereocenters. The van der Waals surface area contributed by atoms with Crippen LogP contribution < -0.4 is 11.1 Å². The van der Waals surface area contributed by atoms with Gasteiger partial charge in [-0.15, -0.1) is 12.3 Å². The summed E-state index contributed by atoms with van der Waals surface area (Å²) in [6.07, 6.45) is 5.04. The number of anilines is 1. The molecule has 1 rings (SSSR count). The smallest absolute Gasteiger partial charge is 0.304 e. The van der Waals surface area contributed by atoms with E-state index in [1.54, 1.807) is 0 Å². The average Bonchev–Trinajstić information content (AvgIpc) is 2.28. The highest BCUT2D eigenvalue weighted by Gasteiger charge is 2.16. The molecule has 0 saturated carbocycles. The lowest BCUT2D eigenvalue weighted by molar-refractivity contribution is -0.387. The van der Waals surface area contributed by atoms with Gasteiger partial charge in [0.15, 0.2) is 0 Å². The van der Waals surface area contributed by atoms with E-state index in [2.05, 4.69) is 11.2 Å². The predicted octanol–water partition coefficient (Wildman–Crippen LogP) is 1.02. The van der Waals surface area contributed by atoms with Crippen LogP contribution in [-0.2, 0) is 4.79 Å². The normalized spacial score (nSPS) is 11.4. The molecule has 0 aromatic heterocycles. The molecule has 1 aromatic rings. The van der Waals surface area contributed by atoms with Crippen molar-refractivity contribution >= 4 is 17.3 Å². The summed E-state index contributed by atoms with van der Waals surface area (Å²) in [4.78, 5) is 21.0. The van der Waals surface area contributed by atoms with Gasteiger partial charge in [0.2, 0.25) is 11.7 Å². The maximum Gasteiger partial charge on any atom is 0.304 e. The molecule has 0 radical (unpaired) electrons. The van der Waals surface area contributed by atoms with Gasteiger partial charge in [0.05, 0.1) is 11.0 Å². The molecular weight excluding hydrogens is 241 g/mol. The first-order valence-electron chi connectivity index (χ1n) is 4.89. The number of nitrogens with one attached hydrogen (secondary N) is 1. The fraction of sp³-hybridized carbons (Fsp3) is 0.182. The van der Waals surface area contributed by atoms with Gasteiger partial charge in [-0.1, -0.05) is 0 Å². The first-order valence-corrected chi connectivity index (χ1v) is 4.89. The third kappa shape index (κ3) is 3.26. The number of carbonyl (C=O) groups excluding carboxylic acids is 1. The summed E-state index contributed by atoms with van der Waals surface area (Å²) in [5.74, 6) is 0.600. The quantitative estimate of drug-likeness (QED) is 0.474. The lowest BCUT2D eigenvalue weighted by Gasteiger charge is -2.09. The Morgan fingerprint density at radius 1 is 1.67 bits per heavy atom. The minimum atomic E-state index is -1.04. The topological polar surface area (TPSA) is 98.3 Å². The van der Waals surface area contributed by atoms with Crippen molar-refractivity contribution in [3.8, 4) is 12.3 Å². The number of amides is 1. The first kappa shape index (κ1) is 13.6. The largest absolute Gasteiger partial charge is 0.325 e. The molecule has 18 heavy (non-hydrogen) atoms. The number of hydrogen-bond acceptors (Lipinski definition) is 4. The molecule has 0 bridgehead atoms. The third-order valence-electron chi connectivity index (χ3n) is 2.09. The predicted molar refractivity (Wildman–Crippen MR) is 63.1 cm³/mol. The van der Waals surface area contributed by atoms with Crippen LogP contribution in [-0.4, -0.2) is 16.9 Å². The second-order valence-electron chi connectivity index (χ2n) is 3.43. The molecule has 1 unspecified atom stereocenters. The Bertz CT molecular complexity index is 525. The Morgan fingerprint density at radius 3 is 2.83 bits per heavy atom. The van der Waals surface area contributed by atoms with Crippen LogP contribution in [0.2, 0.25) is 0 Å². The maximum absolute atomic E-state index is 13.2. The molecule has 94 valence electrons. The summed E-state index contributed by atoms with van der Waals surface area (Å²) in [6.45, 7) is 0. The van der Waals surface area contributed by atoms with Gasteiger partial charge in [0, 0.05) is 24.2 Å². The van der Waals surface area contributed by atoms with E-state index in [0.717, 1.165) is 12.1 Å². The Balaban J connectivity index is 2.81. The van der Waals surface area contributed by atoms with Crippen LogP contribution in [0.25, 0.3) is 0 Å². The molecule has 6 nitrogen and oxygen atoms in total. The summed E-state index contributed by atoms with van der Waals surface area (Å²) in [5, 5.41) is 12.7. The molecule has 0 aliphatic rings. The van der Waals surface area contributed by atoms with Crippen LogP contribution in [0, 0.1) is 28.3 Å². The van der Waals surface area contributed by atoms with Gasteiger partial charge in [-0.25, -0.2) is 0 Å². The van der Waals surface area contributed by atoms with E-state index < -0.39 is 28.4 Å². The molecule has 0 fully saturated rings. The van der Waals surface area contributed by atoms with Crippen molar-refractivity contribution in [3.05, 3.63) is 34.1 Å². The van der Waals surface area contributed by atoms with Gasteiger partial charge < -0.3 is 11.1 Å². The number of rotatable bonds is 4. The van der Waals surface area contributed by atoms with Gasteiger partial charge in [-0.05, 0) is 6.07 Å². The number of nitro groups is 1. The van der Waals surface area contributed by atoms with E-state index in [-0.39, 0.29) is 12.1 Å². The fourth-order valence-corrected chi connectivity index (χ4v) is 1.19. The SMILES string of the molecule is C#CCC(N)C(=O)Nc1ccc([N+](=O)[O-])c(F)c1. The lowest BCUT2D eigenvalue weighted by atomic mass is 10.2. The van der Waals surface area contributed by atoms with E-state index in [0.29, 0.717) is 0 Å². The third-order valence-corrected chi connectivity index (χ3v) is 2.09. The number of nitrogens with two attached hydrogens (primary N) is 1. The van der Waals surface area contributed by atoms with Gasteiger partial charge in [-0.2, -0.15) is 4.39 Å². The molecule has 0 heterocycles. The van der Waals surface area contributed by atoms with Crippen molar-refractivity contribution < 1.29 is 14.1 Å². The van der Waals surface area contributed by atoms with Crippen LogP contribution in [0.3, 0.4) is 0 Å². The van der Waals surface area contributed by atoms with Crippen molar-refractivity contribution in [1.82, 2.24) is 0 Å². The highest BCUT2D eigenvalue weighted by molar-refractivity contribution is 5.94. The standard InChI is InChI=1S/C11H10FN3O3/c1-2-3-9(13)11(16)14-7-4-5-10(15(17)18)8(12)6-7/h1,4-6,9H,3,13H2,(H,14,16). The second kappa shape index (κ2) is 5.75. The number of hydrogen-bond donors (Lipinski definition) is 2. The Kier molecular flexibility index (Phi) is 4.34. The number of carbonyl (C=O) groups is 1. The van der Waals surface area contributed by atoms with E-state index in [1.807, 2.05) is 0 Å². The average molecular weight is 251 g/mol. The van der Waals surface area contributed by atoms with Crippen molar-refractivity contribution in [1.29, 1.82) is 0 Å². The Hall–Kier alpha value is -2.46. The maximum atomic E-state index is 13.2. The second-order valence-corrected chi connectivity index (χ2v) is 3.43. The van der Waals surface area contributed by atoms with Crippen molar-refractivity contribution in [3.63, 3.8) is 0 Å². The highest BCUT2D eigenvalue weighted by Crippen LogP contribution is 2.20. The lowest BCUT2D eigenvalue weighted by Crippen LogP contribution is -2.35. The van der Waals surface area contributed by atoms with Crippen LogP contribution >= 0.6 is 0 Å². The summed E-state index contributed by atoms with van der Waals surface area (Å²) < 4.78 is 13.2. The van der Waals surface area contributed by atoms with Crippen LogP contribution in [0.4, 0.5) is 15.8 Å². The molecule has 0 saturated heterocycles. The van der Waals surface area contributed by atoms with Crippen LogP contribution in [0.15, 0.2) is 18.2 Å². The molecule has 0 aliphatic carbocycles. The summed E-state index contributed by atoms with van der Waals surface area (Å²) >= 11 is 0. The molecule has 3 N–H and O–H groups in total. The van der Waals surface area contributed by atoms with E-state index in [4.69, 9.17) is 12.2 Å². The summed E-state index contributed by atoms with van der Waals surface area (Å²) in [7, 11) is 0. The summed E-state index contributed by atoms with van der Waals surface area (Å²) in [6, 6.07) is 2.10. The first-order chi connectivity index (χ1) is 8.45. The van der Waals surface area contributed by atoms with Gasteiger partial charge in [0.1, 0.15) is 0 Å². The zero-order valence-electron chi connectivity index (χ0n) is 9.22. The minimum Gasteiger partial charge on any atom is -0.325 e. The Labute approximate surface area is 102 Å². The minimum absolute atomic E-state index is 0.0430. The van der Waals surface area contributed by atoms with Crippen molar-refractivity contribution in [2.75, 3.05) is 5.32 Å². The van der Waals surface area contributed by atoms with Crippen molar-refractivity contribution in [2.45, 2.75) is 12.5 Å². The Morgan fingerprint density at radius 2 is 2.33 bits per heavy atom. The monoisotopic (exact) mass is 251 g/mol. The number of nitro benzene ring substituents is 1. The van der Waals surface area contributed by atoms with Gasteiger partial charge >= 0.3 is 5.69 Å². The van der Waals surface area contributed by atoms with E-state index in [1.165, 1.54) is 6.07 Å². The molecule has 0 spiro atoms. The number of nitrogens with zero attached hydrogens (tertiary/aromatic N) is 1. The fourth-order valence-electron chi connectivity index (χ4n) is 1.19.